The Morgan fingerprint density at radius 3 is 2.03 bits per heavy atom. The first-order chi connectivity index (χ1) is 14.6. The summed E-state index contributed by atoms with van der Waals surface area (Å²) in [6.07, 6.45) is 1.19. The minimum Gasteiger partial charge on any atom is -0.464 e. The Kier molecular flexibility index (Phi) is 7.29. The highest BCUT2D eigenvalue weighted by Crippen LogP contribution is 2.20. The van der Waals surface area contributed by atoms with Crippen molar-refractivity contribution in [2.24, 2.45) is 5.10 Å². The van der Waals surface area contributed by atoms with Crippen molar-refractivity contribution in [3.8, 4) is 0 Å². The number of ether oxygens (including phenoxy) is 1. The molecule has 0 heterocycles. The highest BCUT2D eigenvalue weighted by molar-refractivity contribution is 9.10. The number of carbonyl (C=O) groups excluding carboxylic acids is 2. The van der Waals surface area contributed by atoms with Crippen LogP contribution in [0.25, 0.3) is 0 Å². The summed E-state index contributed by atoms with van der Waals surface area (Å²) in [6, 6.07) is 25.8. The summed E-state index contributed by atoms with van der Waals surface area (Å²) in [6.45, 7) is 0. The Morgan fingerprint density at radius 1 is 0.867 bits per heavy atom. The Bertz CT molecular complexity index is 1090. The maximum atomic E-state index is 12.5. The van der Waals surface area contributed by atoms with E-state index < -0.39 is 5.97 Å². The molecule has 6 heteroatoms. The van der Waals surface area contributed by atoms with E-state index >= 15 is 0 Å². The third kappa shape index (κ3) is 5.30. The summed E-state index contributed by atoms with van der Waals surface area (Å²) >= 11 is 3.55. The van der Waals surface area contributed by atoms with E-state index in [4.69, 9.17) is 4.74 Å². The van der Waals surface area contributed by atoms with Crippen molar-refractivity contribution in [1.82, 2.24) is 5.43 Å². The normalized spacial score (nSPS) is 11.7. The summed E-state index contributed by atoms with van der Waals surface area (Å²) in [4.78, 5) is 24.8. The molecule has 0 amide bonds. The average Bonchev–Trinajstić information content (AvgIpc) is 2.80. The van der Waals surface area contributed by atoms with Gasteiger partial charge in [-0.1, -0.05) is 94.8 Å². The van der Waals surface area contributed by atoms with Crippen LogP contribution in [-0.4, -0.2) is 24.6 Å². The first kappa shape index (κ1) is 21.2. The number of hydrazone groups is 1. The van der Waals surface area contributed by atoms with E-state index in [9.17, 15) is 9.59 Å². The number of benzene rings is 3. The van der Waals surface area contributed by atoms with Crippen LogP contribution < -0.4 is 5.43 Å². The predicted molar refractivity (Wildman–Crippen MR) is 120 cm³/mol. The van der Waals surface area contributed by atoms with Crippen molar-refractivity contribution in [3.05, 3.63) is 118 Å². The molecular weight excluding hydrogens is 444 g/mol. The maximum Gasteiger partial charge on any atom is 0.356 e. The Morgan fingerprint density at radius 2 is 1.43 bits per heavy atom. The molecule has 0 unspecified atom stereocenters. The summed E-state index contributed by atoms with van der Waals surface area (Å²) in [7, 11) is 1.25. The van der Waals surface area contributed by atoms with E-state index in [2.05, 4.69) is 26.5 Å². The summed E-state index contributed by atoms with van der Waals surface area (Å²) in [5.41, 5.74) is 5.40. The van der Waals surface area contributed by atoms with E-state index in [1.807, 2.05) is 60.7 Å². The van der Waals surface area contributed by atoms with Gasteiger partial charge >= 0.3 is 5.97 Å². The lowest BCUT2D eigenvalue weighted by molar-refractivity contribution is -0.136. The number of allylic oxidation sites excluding steroid dienone is 1. The monoisotopic (exact) mass is 462 g/mol. The number of hydrogen-bond acceptors (Lipinski definition) is 5. The molecule has 0 aliphatic carbocycles. The topological polar surface area (TPSA) is 67.8 Å². The molecule has 5 nitrogen and oxygen atoms in total. The Balaban J connectivity index is 2.00. The van der Waals surface area contributed by atoms with Crippen LogP contribution in [0.5, 0.6) is 0 Å². The molecule has 0 atom stereocenters. The lowest BCUT2D eigenvalue weighted by atomic mass is 10.0. The molecule has 0 saturated heterocycles. The van der Waals surface area contributed by atoms with Gasteiger partial charge in [-0.25, -0.2) is 4.79 Å². The molecule has 0 aliphatic rings. The molecular formula is C24H19BrN2O3. The lowest BCUT2D eigenvalue weighted by Gasteiger charge is -2.11. The van der Waals surface area contributed by atoms with Gasteiger partial charge in [-0.2, -0.15) is 5.10 Å². The molecule has 0 bridgehead atoms. The van der Waals surface area contributed by atoms with Crippen LogP contribution in [0.3, 0.4) is 0 Å². The first-order valence-corrected chi connectivity index (χ1v) is 9.93. The molecule has 30 heavy (non-hydrogen) atoms. The van der Waals surface area contributed by atoms with E-state index in [1.54, 1.807) is 24.3 Å². The van der Waals surface area contributed by atoms with Crippen LogP contribution in [0.15, 0.2) is 106 Å². The molecule has 0 radical (unpaired) electrons. The number of rotatable bonds is 7. The van der Waals surface area contributed by atoms with Crippen LogP contribution in [-0.2, 0) is 9.53 Å². The van der Waals surface area contributed by atoms with Gasteiger partial charge in [-0.3, -0.25) is 10.2 Å². The highest BCUT2D eigenvalue weighted by Gasteiger charge is 2.15. The molecule has 0 fully saturated rings. The molecule has 3 rings (SSSR count). The second-order valence-corrected chi connectivity index (χ2v) is 7.05. The third-order valence-electron chi connectivity index (χ3n) is 4.20. The van der Waals surface area contributed by atoms with E-state index in [0.717, 1.165) is 15.6 Å². The molecule has 3 aromatic carbocycles. The zero-order valence-corrected chi connectivity index (χ0v) is 17.8. The van der Waals surface area contributed by atoms with Crippen LogP contribution in [0.2, 0.25) is 0 Å². The second kappa shape index (κ2) is 10.3. The minimum absolute atomic E-state index is 0.0631. The summed E-state index contributed by atoms with van der Waals surface area (Å²) in [5.74, 6) is -1.02. The summed E-state index contributed by atoms with van der Waals surface area (Å²) < 4.78 is 5.66. The summed E-state index contributed by atoms with van der Waals surface area (Å²) in [5, 5.41) is 4.46. The van der Waals surface area contributed by atoms with Gasteiger partial charge in [0.2, 0.25) is 0 Å². The molecule has 1 N–H and O–H groups in total. The minimum atomic E-state index is -0.692. The molecule has 0 aromatic heterocycles. The highest BCUT2D eigenvalue weighted by atomic mass is 79.9. The van der Waals surface area contributed by atoms with Crippen molar-refractivity contribution < 1.29 is 14.3 Å². The molecule has 0 spiro atoms. The molecule has 150 valence electrons. The number of halogens is 1. The van der Waals surface area contributed by atoms with Crippen molar-refractivity contribution in [2.45, 2.75) is 0 Å². The van der Waals surface area contributed by atoms with Crippen molar-refractivity contribution in [3.63, 3.8) is 0 Å². The fourth-order valence-electron chi connectivity index (χ4n) is 2.71. The van der Waals surface area contributed by atoms with Crippen molar-refractivity contribution in [2.75, 3.05) is 7.11 Å². The van der Waals surface area contributed by atoms with Gasteiger partial charge in [0.05, 0.1) is 12.8 Å². The van der Waals surface area contributed by atoms with Crippen molar-refractivity contribution in [1.29, 1.82) is 0 Å². The fourth-order valence-corrected chi connectivity index (χ4v) is 3.18. The van der Waals surface area contributed by atoms with Crippen LogP contribution in [0.4, 0.5) is 0 Å². The molecule has 0 saturated carbocycles. The standard InChI is InChI=1S/C24H19BrN2O3/c1-30-24(29)21(16-22(28)17-10-4-2-5-11-17)26-27-23(18-12-6-3-7-13-18)19-14-8-9-15-20(19)25/h2-16,26H,1H3/b21-16-,27-23+. The number of hydrogen-bond donors (Lipinski definition) is 1. The van der Waals surface area contributed by atoms with Gasteiger partial charge in [0.15, 0.2) is 5.78 Å². The average molecular weight is 463 g/mol. The quantitative estimate of drug-likeness (QED) is 0.181. The smallest absolute Gasteiger partial charge is 0.356 e. The number of methoxy groups -OCH3 is 1. The maximum absolute atomic E-state index is 12.5. The Hall–Kier alpha value is -3.51. The van der Waals surface area contributed by atoms with E-state index in [0.29, 0.717) is 11.3 Å². The molecule has 0 aliphatic heterocycles. The van der Waals surface area contributed by atoms with Gasteiger partial charge in [-0.15, -0.1) is 0 Å². The SMILES string of the molecule is COC(=O)/C(=C/C(=O)c1ccccc1)N/N=C(\c1ccccc1)c1ccccc1Br. The number of nitrogens with one attached hydrogen (secondary N) is 1. The van der Waals surface area contributed by atoms with Gasteiger partial charge in [0.1, 0.15) is 5.70 Å². The van der Waals surface area contributed by atoms with Crippen LogP contribution in [0, 0.1) is 0 Å². The molecule has 3 aromatic rings. The number of esters is 1. The van der Waals surface area contributed by atoms with Crippen molar-refractivity contribution >= 4 is 33.4 Å². The van der Waals surface area contributed by atoms with Crippen LogP contribution >= 0.6 is 15.9 Å². The van der Waals surface area contributed by atoms with Gasteiger partial charge in [0.25, 0.3) is 0 Å². The van der Waals surface area contributed by atoms with E-state index in [-0.39, 0.29) is 11.5 Å². The van der Waals surface area contributed by atoms with Crippen LogP contribution in [0.1, 0.15) is 21.5 Å². The third-order valence-corrected chi connectivity index (χ3v) is 4.89. The second-order valence-electron chi connectivity index (χ2n) is 6.20. The first-order valence-electron chi connectivity index (χ1n) is 9.13. The number of ketones is 1. The fraction of sp³-hybridized carbons (Fsp3) is 0.0417. The van der Waals surface area contributed by atoms with Gasteiger partial charge in [0, 0.05) is 27.2 Å². The van der Waals surface area contributed by atoms with Gasteiger partial charge in [-0.05, 0) is 6.07 Å². The zero-order chi connectivity index (χ0) is 21.3. The van der Waals surface area contributed by atoms with E-state index in [1.165, 1.54) is 13.2 Å². The number of nitrogens with zero attached hydrogens (tertiary/aromatic N) is 1. The Labute approximate surface area is 183 Å². The zero-order valence-electron chi connectivity index (χ0n) is 16.2. The number of carbonyl (C=O) groups is 2. The lowest BCUT2D eigenvalue weighted by Crippen LogP contribution is -2.21. The largest absolute Gasteiger partial charge is 0.464 e. The van der Waals surface area contributed by atoms with Gasteiger partial charge < -0.3 is 4.74 Å². The predicted octanol–water partition coefficient (Wildman–Crippen LogP) is 4.73.